The number of aromatic nitrogens is 2. The number of rotatable bonds is 28. The van der Waals surface area contributed by atoms with Gasteiger partial charge in [-0.15, -0.1) is 4.68 Å². The summed E-state index contributed by atoms with van der Waals surface area (Å²) in [6, 6.07) is 0. The molecule has 1 amide bonds. The van der Waals surface area contributed by atoms with E-state index in [1.165, 1.54) is 154 Å². The molecule has 38 heavy (non-hydrogen) atoms. The van der Waals surface area contributed by atoms with Crippen LogP contribution in [0, 0.1) is 0 Å². The lowest BCUT2D eigenvalue weighted by Crippen LogP contribution is -3.00. The lowest BCUT2D eigenvalue weighted by atomic mass is 10.0. The molecule has 4 nitrogen and oxygen atoms in total. The molecule has 1 N–H and O–H groups in total. The standard InChI is InChI=1S/C33H63N3O.ClH/c1-3-5-7-9-11-13-14-15-16-17-18-19-20-21-22-24-26-28-33(37)34-36-31-30-35(32-36)29-27-25-23-12-10-8-6-4-2;/h30-32H,3-29H2,1-2H3;1H. The molecule has 0 aliphatic heterocycles. The topological polar surface area (TPSA) is 37.9 Å². The van der Waals surface area contributed by atoms with Crippen LogP contribution in [-0.2, 0) is 11.3 Å². The molecule has 1 aromatic heterocycles. The molecule has 1 aromatic rings. The molecule has 1 heterocycles. The van der Waals surface area contributed by atoms with E-state index in [1.54, 1.807) is 0 Å². The number of hydrogen-bond acceptors (Lipinski definition) is 1. The van der Waals surface area contributed by atoms with E-state index < -0.39 is 0 Å². The fourth-order valence-electron chi connectivity index (χ4n) is 5.23. The molecule has 5 heteroatoms. The monoisotopic (exact) mass is 553 g/mol. The molecule has 0 aliphatic carbocycles. The molecule has 0 bridgehead atoms. The molecule has 0 unspecified atom stereocenters. The first-order chi connectivity index (χ1) is 18.3. The van der Waals surface area contributed by atoms with Gasteiger partial charge in [0.2, 0.25) is 0 Å². The van der Waals surface area contributed by atoms with Crippen LogP contribution in [0.2, 0.25) is 0 Å². The van der Waals surface area contributed by atoms with Crippen LogP contribution in [0.3, 0.4) is 0 Å². The Morgan fingerprint density at radius 3 is 1.37 bits per heavy atom. The summed E-state index contributed by atoms with van der Waals surface area (Å²) in [7, 11) is 0. The van der Waals surface area contributed by atoms with Gasteiger partial charge in [-0.3, -0.25) is 4.79 Å². The minimum Gasteiger partial charge on any atom is -1.00 e. The van der Waals surface area contributed by atoms with E-state index in [0.29, 0.717) is 6.42 Å². The number of amides is 1. The molecule has 0 aromatic carbocycles. The zero-order valence-corrected chi connectivity index (χ0v) is 26.3. The highest BCUT2D eigenvalue weighted by atomic mass is 35.5. The summed E-state index contributed by atoms with van der Waals surface area (Å²) in [6.07, 6.45) is 40.7. The Morgan fingerprint density at radius 1 is 0.579 bits per heavy atom. The first-order valence-electron chi connectivity index (χ1n) is 16.6. The van der Waals surface area contributed by atoms with Gasteiger partial charge in [-0.2, -0.15) is 5.43 Å². The van der Waals surface area contributed by atoms with Gasteiger partial charge in [-0.05, 0) is 19.3 Å². The molecule has 0 aliphatic rings. The first-order valence-corrected chi connectivity index (χ1v) is 16.6. The molecule has 0 saturated carbocycles. The van der Waals surface area contributed by atoms with E-state index >= 15 is 0 Å². The molecule has 0 atom stereocenters. The van der Waals surface area contributed by atoms with Gasteiger partial charge >= 0.3 is 0 Å². The average Bonchev–Trinajstić information content (AvgIpc) is 3.34. The minimum absolute atomic E-state index is 0. The summed E-state index contributed by atoms with van der Waals surface area (Å²) < 4.78 is 4.01. The van der Waals surface area contributed by atoms with Crippen LogP contribution in [0.25, 0.3) is 0 Å². The predicted molar refractivity (Wildman–Crippen MR) is 160 cm³/mol. The van der Waals surface area contributed by atoms with Crippen LogP contribution in [0.15, 0.2) is 18.7 Å². The SMILES string of the molecule is CCCCCCCCCCCCCCCCCCCC(=O)Nn1cc[n+](CCCCCCCCCC)c1.[Cl-]. The molecule has 224 valence electrons. The Labute approximate surface area is 243 Å². The van der Waals surface area contributed by atoms with Gasteiger partial charge in [0.1, 0.15) is 6.20 Å². The van der Waals surface area contributed by atoms with Gasteiger partial charge in [0.05, 0.1) is 6.54 Å². The summed E-state index contributed by atoms with van der Waals surface area (Å²) in [5.74, 6) is 0.135. The van der Waals surface area contributed by atoms with E-state index in [0.717, 1.165) is 13.0 Å². The Balaban J connectivity index is 0.0000137. The zero-order valence-electron chi connectivity index (χ0n) is 25.5. The van der Waals surface area contributed by atoms with Gasteiger partial charge in [0, 0.05) is 6.42 Å². The number of carbonyl (C=O) groups excluding carboxylic acids is 1. The van der Waals surface area contributed by atoms with Gasteiger partial charge in [0.15, 0.2) is 6.20 Å². The minimum atomic E-state index is 0. The van der Waals surface area contributed by atoms with Crippen molar-refractivity contribution in [2.24, 2.45) is 0 Å². The van der Waals surface area contributed by atoms with Crippen molar-refractivity contribution in [3.63, 3.8) is 0 Å². The lowest BCUT2D eigenvalue weighted by molar-refractivity contribution is -0.696. The second-order valence-electron chi connectivity index (χ2n) is 11.5. The van der Waals surface area contributed by atoms with Crippen molar-refractivity contribution in [1.82, 2.24) is 4.68 Å². The van der Waals surface area contributed by atoms with Crippen molar-refractivity contribution < 1.29 is 21.8 Å². The van der Waals surface area contributed by atoms with Crippen molar-refractivity contribution in [3.8, 4) is 0 Å². The molecule has 0 fully saturated rings. The molecule has 0 radical (unpaired) electrons. The van der Waals surface area contributed by atoms with E-state index in [2.05, 4.69) is 30.0 Å². The first kappa shape index (κ1) is 37.0. The number of unbranched alkanes of at least 4 members (excludes halogenated alkanes) is 23. The quantitative estimate of drug-likeness (QED) is 0.0877. The third-order valence-corrected chi connectivity index (χ3v) is 7.72. The second-order valence-corrected chi connectivity index (χ2v) is 11.5. The van der Waals surface area contributed by atoms with Crippen molar-refractivity contribution in [1.29, 1.82) is 0 Å². The summed E-state index contributed by atoms with van der Waals surface area (Å²) >= 11 is 0. The third-order valence-electron chi connectivity index (χ3n) is 7.72. The van der Waals surface area contributed by atoms with Crippen LogP contribution in [0.4, 0.5) is 0 Å². The number of nitrogens with one attached hydrogen (secondary N) is 1. The number of nitrogens with zero attached hydrogens (tertiary/aromatic N) is 2. The smallest absolute Gasteiger partial charge is 0.267 e. The fourth-order valence-corrected chi connectivity index (χ4v) is 5.23. The van der Waals surface area contributed by atoms with Crippen LogP contribution in [-0.4, -0.2) is 10.6 Å². The third kappa shape index (κ3) is 24.0. The fraction of sp³-hybridized carbons (Fsp3) is 0.879. The largest absolute Gasteiger partial charge is 1.00 e. The number of halogens is 1. The maximum absolute atomic E-state index is 12.2. The normalized spacial score (nSPS) is 11.0. The average molecular weight is 554 g/mol. The zero-order chi connectivity index (χ0) is 26.7. The maximum Gasteiger partial charge on any atom is 0.267 e. The van der Waals surface area contributed by atoms with Crippen molar-refractivity contribution in [2.75, 3.05) is 5.43 Å². The van der Waals surface area contributed by atoms with Crippen LogP contribution in [0.5, 0.6) is 0 Å². The molecule has 0 spiro atoms. The Morgan fingerprint density at radius 2 is 0.947 bits per heavy atom. The number of hydrogen-bond donors (Lipinski definition) is 1. The number of carbonyl (C=O) groups is 1. The van der Waals surface area contributed by atoms with E-state index in [1.807, 2.05) is 17.2 Å². The van der Waals surface area contributed by atoms with Crippen LogP contribution in [0.1, 0.15) is 181 Å². The molecule has 0 saturated heterocycles. The van der Waals surface area contributed by atoms with E-state index in [-0.39, 0.29) is 18.3 Å². The highest BCUT2D eigenvalue weighted by Gasteiger charge is 2.08. The second kappa shape index (κ2) is 29.0. The van der Waals surface area contributed by atoms with Gasteiger partial charge in [-0.25, -0.2) is 4.57 Å². The lowest BCUT2D eigenvalue weighted by Gasteiger charge is -2.04. The summed E-state index contributed by atoms with van der Waals surface area (Å²) in [5.41, 5.74) is 3.00. The van der Waals surface area contributed by atoms with E-state index in [9.17, 15) is 4.79 Å². The summed E-state index contributed by atoms with van der Waals surface area (Å²) in [4.78, 5) is 12.2. The van der Waals surface area contributed by atoms with Crippen molar-refractivity contribution >= 4 is 5.91 Å². The summed E-state index contributed by atoms with van der Waals surface area (Å²) in [5, 5.41) is 0. The molecular weight excluding hydrogens is 490 g/mol. The van der Waals surface area contributed by atoms with Crippen molar-refractivity contribution in [2.45, 2.75) is 187 Å². The predicted octanol–water partition coefficient (Wildman–Crippen LogP) is 7.03. The molecule has 1 rings (SSSR count). The van der Waals surface area contributed by atoms with Gasteiger partial charge in [-0.1, -0.05) is 155 Å². The Bertz CT molecular complexity index is 619. The Hall–Kier alpha value is -1.03. The van der Waals surface area contributed by atoms with Crippen LogP contribution >= 0.6 is 0 Å². The number of imidazole rings is 1. The van der Waals surface area contributed by atoms with Crippen LogP contribution < -0.4 is 22.4 Å². The van der Waals surface area contributed by atoms with Gasteiger partial charge in [0.25, 0.3) is 12.2 Å². The Kier molecular flexibility index (Phi) is 28.2. The highest BCUT2D eigenvalue weighted by molar-refractivity contribution is 5.83. The summed E-state index contributed by atoms with van der Waals surface area (Å²) in [6.45, 7) is 5.60. The maximum atomic E-state index is 12.2. The van der Waals surface area contributed by atoms with Gasteiger partial charge < -0.3 is 12.4 Å². The van der Waals surface area contributed by atoms with Crippen molar-refractivity contribution in [3.05, 3.63) is 18.7 Å². The molecular formula is C33H64ClN3O. The van der Waals surface area contributed by atoms with E-state index in [4.69, 9.17) is 0 Å². The highest BCUT2D eigenvalue weighted by Crippen LogP contribution is 2.14. The number of aryl methyl sites for hydroxylation is 1.